The van der Waals surface area contributed by atoms with Crippen molar-refractivity contribution in [2.75, 3.05) is 10.8 Å². The molecule has 2 amide bonds. The van der Waals surface area contributed by atoms with Gasteiger partial charge in [-0.1, -0.05) is 67.1 Å². The Morgan fingerprint density at radius 2 is 1.53 bits per heavy atom. The Morgan fingerprint density at radius 1 is 0.921 bits per heavy atom. The second kappa shape index (κ2) is 12.9. The van der Waals surface area contributed by atoms with Gasteiger partial charge < -0.3 is 10.2 Å². The van der Waals surface area contributed by atoms with Crippen LogP contribution in [0.3, 0.4) is 0 Å². The topological polar surface area (TPSA) is 86.8 Å². The number of hydrogen-bond acceptors (Lipinski definition) is 4. The summed E-state index contributed by atoms with van der Waals surface area (Å²) >= 11 is 6.04. The van der Waals surface area contributed by atoms with Gasteiger partial charge in [0.15, 0.2) is 0 Å². The Bertz CT molecular complexity index is 1350. The van der Waals surface area contributed by atoms with E-state index in [1.807, 2.05) is 19.9 Å². The first-order valence-corrected chi connectivity index (χ1v) is 14.3. The SMILES string of the molecule is CC[C@@H](C)NC(=O)[C@H](C)N(Cc1ccc(Cl)cc1)C(=O)CN(c1ccccc1C)S(=O)(=O)c1ccccc1. The van der Waals surface area contributed by atoms with Crippen molar-refractivity contribution in [2.45, 2.75) is 57.6 Å². The molecule has 7 nitrogen and oxygen atoms in total. The molecule has 3 aromatic carbocycles. The molecule has 3 aromatic rings. The zero-order chi connectivity index (χ0) is 27.9. The number of amides is 2. The first-order valence-electron chi connectivity index (χ1n) is 12.5. The molecule has 1 N–H and O–H groups in total. The molecule has 38 heavy (non-hydrogen) atoms. The summed E-state index contributed by atoms with van der Waals surface area (Å²) in [6, 6.07) is 21.1. The number of anilines is 1. The van der Waals surface area contributed by atoms with Gasteiger partial charge in [-0.3, -0.25) is 13.9 Å². The maximum atomic E-state index is 13.9. The molecule has 202 valence electrons. The molecule has 0 heterocycles. The maximum absolute atomic E-state index is 13.9. The number of carbonyl (C=O) groups excluding carboxylic acids is 2. The van der Waals surface area contributed by atoms with E-state index in [1.54, 1.807) is 74.5 Å². The normalized spacial score (nSPS) is 12.9. The number of carbonyl (C=O) groups is 2. The number of nitrogens with zero attached hydrogens (tertiary/aromatic N) is 2. The molecule has 0 aliphatic rings. The van der Waals surface area contributed by atoms with E-state index in [-0.39, 0.29) is 23.4 Å². The van der Waals surface area contributed by atoms with Crippen LogP contribution in [0.4, 0.5) is 5.69 Å². The van der Waals surface area contributed by atoms with Crippen LogP contribution in [0.2, 0.25) is 5.02 Å². The summed E-state index contributed by atoms with van der Waals surface area (Å²) < 4.78 is 28.7. The van der Waals surface area contributed by atoms with Gasteiger partial charge in [0.1, 0.15) is 12.6 Å². The zero-order valence-electron chi connectivity index (χ0n) is 22.1. The highest BCUT2D eigenvalue weighted by Gasteiger charge is 2.33. The molecule has 0 aromatic heterocycles. The van der Waals surface area contributed by atoms with Crippen LogP contribution < -0.4 is 9.62 Å². The second-order valence-corrected chi connectivity index (χ2v) is 11.6. The third kappa shape index (κ3) is 7.14. The van der Waals surface area contributed by atoms with Crippen molar-refractivity contribution in [3.05, 3.63) is 95.0 Å². The molecule has 3 rings (SSSR count). The van der Waals surface area contributed by atoms with Gasteiger partial charge in [0.25, 0.3) is 10.0 Å². The molecule has 0 saturated heterocycles. The highest BCUT2D eigenvalue weighted by molar-refractivity contribution is 7.92. The molecular formula is C29H34ClN3O4S. The highest BCUT2D eigenvalue weighted by atomic mass is 35.5. The van der Waals surface area contributed by atoms with Crippen LogP contribution in [0, 0.1) is 6.92 Å². The molecule has 0 aliphatic carbocycles. The Morgan fingerprint density at radius 3 is 2.13 bits per heavy atom. The van der Waals surface area contributed by atoms with E-state index in [0.29, 0.717) is 16.3 Å². The van der Waals surface area contributed by atoms with Crippen molar-refractivity contribution < 1.29 is 18.0 Å². The second-order valence-electron chi connectivity index (χ2n) is 9.25. The van der Waals surface area contributed by atoms with Gasteiger partial charge in [0.05, 0.1) is 10.6 Å². The summed E-state index contributed by atoms with van der Waals surface area (Å²) in [5.74, 6) is -0.815. The Kier molecular flexibility index (Phi) is 9.94. The minimum Gasteiger partial charge on any atom is -0.352 e. The largest absolute Gasteiger partial charge is 0.352 e. The Hall–Kier alpha value is -3.36. The summed E-state index contributed by atoms with van der Waals surface area (Å²) in [6.07, 6.45) is 0.736. The van der Waals surface area contributed by atoms with E-state index >= 15 is 0 Å². The van der Waals surface area contributed by atoms with Crippen molar-refractivity contribution in [2.24, 2.45) is 0 Å². The number of benzene rings is 3. The van der Waals surface area contributed by atoms with Gasteiger partial charge in [-0.2, -0.15) is 0 Å². The van der Waals surface area contributed by atoms with E-state index < -0.39 is 28.5 Å². The highest BCUT2D eigenvalue weighted by Crippen LogP contribution is 2.27. The fourth-order valence-electron chi connectivity index (χ4n) is 3.91. The first-order chi connectivity index (χ1) is 18.0. The molecule has 0 aliphatic heterocycles. The number of nitrogens with one attached hydrogen (secondary N) is 1. The summed E-state index contributed by atoms with van der Waals surface area (Å²) in [5, 5.41) is 3.47. The van der Waals surface area contributed by atoms with Gasteiger partial charge in [-0.15, -0.1) is 0 Å². The van der Waals surface area contributed by atoms with Gasteiger partial charge in [0, 0.05) is 17.6 Å². The lowest BCUT2D eigenvalue weighted by molar-refractivity contribution is -0.139. The maximum Gasteiger partial charge on any atom is 0.264 e. The molecule has 9 heteroatoms. The van der Waals surface area contributed by atoms with Gasteiger partial charge in [-0.25, -0.2) is 8.42 Å². The fraction of sp³-hybridized carbons (Fsp3) is 0.310. The predicted molar refractivity (Wildman–Crippen MR) is 152 cm³/mol. The van der Waals surface area contributed by atoms with Crippen molar-refractivity contribution >= 4 is 39.1 Å². The van der Waals surface area contributed by atoms with E-state index in [2.05, 4.69) is 5.32 Å². The number of halogens is 1. The van der Waals surface area contributed by atoms with E-state index in [4.69, 9.17) is 11.6 Å². The van der Waals surface area contributed by atoms with Crippen LogP contribution >= 0.6 is 11.6 Å². The monoisotopic (exact) mass is 555 g/mol. The molecule has 0 radical (unpaired) electrons. The molecule has 2 atom stereocenters. The fourth-order valence-corrected chi connectivity index (χ4v) is 5.54. The third-order valence-corrected chi connectivity index (χ3v) is 8.45. The summed E-state index contributed by atoms with van der Waals surface area (Å²) in [4.78, 5) is 28.5. The summed E-state index contributed by atoms with van der Waals surface area (Å²) in [5.41, 5.74) is 1.86. The van der Waals surface area contributed by atoms with Crippen LogP contribution in [-0.4, -0.2) is 43.8 Å². The molecule has 0 spiro atoms. The van der Waals surface area contributed by atoms with E-state index in [1.165, 1.54) is 17.0 Å². The van der Waals surface area contributed by atoms with Crippen molar-refractivity contribution in [3.8, 4) is 0 Å². The van der Waals surface area contributed by atoms with E-state index in [0.717, 1.165) is 16.3 Å². The minimum atomic E-state index is -4.08. The van der Waals surface area contributed by atoms with Crippen LogP contribution in [0.5, 0.6) is 0 Å². The number of rotatable bonds is 11. The first kappa shape index (κ1) is 29.2. The van der Waals surface area contributed by atoms with Crippen LogP contribution in [0.25, 0.3) is 0 Å². The average Bonchev–Trinajstić information content (AvgIpc) is 2.91. The lowest BCUT2D eigenvalue weighted by atomic mass is 10.1. The molecule has 0 bridgehead atoms. The summed E-state index contributed by atoms with van der Waals surface area (Å²) in [7, 11) is -4.08. The Balaban J connectivity index is 2.02. The summed E-state index contributed by atoms with van der Waals surface area (Å²) in [6.45, 7) is 6.92. The smallest absolute Gasteiger partial charge is 0.264 e. The van der Waals surface area contributed by atoms with Crippen LogP contribution in [0.1, 0.15) is 38.3 Å². The molecule has 0 saturated carbocycles. The predicted octanol–water partition coefficient (Wildman–Crippen LogP) is 5.18. The number of hydrogen-bond donors (Lipinski definition) is 1. The number of sulfonamides is 1. The number of aryl methyl sites for hydroxylation is 1. The van der Waals surface area contributed by atoms with Gasteiger partial charge in [-0.05, 0) is 68.7 Å². The minimum absolute atomic E-state index is 0.0700. The van der Waals surface area contributed by atoms with Gasteiger partial charge in [0.2, 0.25) is 11.8 Å². The average molecular weight is 556 g/mol. The lowest BCUT2D eigenvalue weighted by Crippen LogP contribution is -2.52. The quantitative estimate of drug-likeness (QED) is 0.353. The van der Waals surface area contributed by atoms with Crippen molar-refractivity contribution in [1.29, 1.82) is 0 Å². The molecule has 0 unspecified atom stereocenters. The van der Waals surface area contributed by atoms with Gasteiger partial charge >= 0.3 is 0 Å². The number of para-hydroxylation sites is 1. The van der Waals surface area contributed by atoms with Crippen molar-refractivity contribution in [1.82, 2.24) is 10.2 Å². The lowest BCUT2D eigenvalue weighted by Gasteiger charge is -2.33. The molecular weight excluding hydrogens is 522 g/mol. The standard InChI is InChI=1S/C29H34ClN3O4S/c1-5-22(3)31-29(35)23(4)32(19-24-15-17-25(30)18-16-24)28(34)20-33(27-14-10-9-11-21(27)2)38(36,37)26-12-7-6-8-13-26/h6-18,22-23H,5,19-20H2,1-4H3,(H,31,35)/t22-,23+/m1/s1. The van der Waals surface area contributed by atoms with E-state index in [9.17, 15) is 18.0 Å². The van der Waals surface area contributed by atoms with Crippen molar-refractivity contribution in [3.63, 3.8) is 0 Å². The Labute approximate surface area is 230 Å². The molecule has 0 fully saturated rings. The third-order valence-electron chi connectivity index (χ3n) is 6.43. The van der Waals surface area contributed by atoms with Crippen LogP contribution in [-0.2, 0) is 26.2 Å². The zero-order valence-corrected chi connectivity index (χ0v) is 23.7. The van der Waals surface area contributed by atoms with Crippen LogP contribution in [0.15, 0.2) is 83.8 Å².